The van der Waals surface area contributed by atoms with E-state index in [2.05, 4.69) is 34.0 Å². The fourth-order valence-corrected chi connectivity index (χ4v) is 3.72. The molecular weight excluding hydrogens is 392 g/mol. The van der Waals surface area contributed by atoms with Gasteiger partial charge in [-0.1, -0.05) is 19.9 Å². The number of carbonyl (C=O) groups excluding carboxylic acids is 1. The smallest absolute Gasteiger partial charge is 0.225 e. The number of benzene rings is 1. The SMILES string of the molecule is CCCOc1ccc(C(C)NC(=O)C2CCCN(c3cnccn3)C2)cc1OCCC. The third-order valence-electron chi connectivity index (χ3n) is 5.42. The number of ether oxygens (including phenoxy) is 2. The van der Waals surface area contributed by atoms with Crippen LogP contribution < -0.4 is 19.7 Å². The molecule has 1 aliphatic heterocycles. The van der Waals surface area contributed by atoms with E-state index in [-0.39, 0.29) is 17.9 Å². The summed E-state index contributed by atoms with van der Waals surface area (Å²) in [6, 6.07) is 5.80. The molecule has 1 saturated heterocycles. The number of nitrogens with zero attached hydrogens (tertiary/aromatic N) is 3. The lowest BCUT2D eigenvalue weighted by Gasteiger charge is -2.33. The van der Waals surface area contributed by atoms with Gasteiger partial charge in [0.05, 0.1) is 31.4 Å². The predicted octanol–water partition coefficient (Wildman–Crippen LogP) is 4.15. The second-order valence-corrected chi connectivity index (χ2v) is 7.98. The summed E-state index contributed by atoms with van der Waals surface area (Å²) in [5.74, 6) is 2.32. The van der Waals surface area contributed by atoms with Crippen molar-refractivity contribution < 1.29 is 14.3 Å². The first-order chi connectivity index (χ1) is 15.1. The number of hydrogen-bond acceptors (Lipinski definition) is 6. The summed E-state index contributed by atoms with van der Waals surface area (Å²) in [5, 5.41) is 3.19. The molecule has 2 atom stereocenters. The van der Waals surface area contributed by atoms with E-state index in [0.29, 0.717) is 19.8 Å². The molecule has 168 valence electrons. The summed E-state index contributed by atoms with van der Waals surface area (Å²) < 4.78 is 11.7. The molecule has 31 heavy (non-hydrogen) atoms. The van der Waals surface area contributed by atoms with Crippen molar-refractivity contribution in [1.29, 1.82) is 0 Å². The molecule has 0 radical (unpaired) electrons. The minimum atomic E-state index is -0.122. The monoisotopic (exact) mass is 426 g/mol. The van der Waals surface area contributed by atoms with Crippen molar-refractivity contribution in [3.63, 3.8) is 0 Å². The molecule has 1 aromatic carbocycles. The average Bonchev–Trinajstić information content (AvgIpc) is 2.82. The van der Waals surface area contributed by atoms with Crippen LogP contribution in [0.4, 0.5) is 5.82 Å². The van der Waals surface area contributed by atoms with Crippen molar-refractivity contribution in [3.8, 4) is 11.5 Å². The lowest BCUT2D eigenvalue weighted by Crippen LogP contribution is -2.44. The minimum absolute atomic E-state index is 0.0684. The van der Waals surface area contributed by atoms with Gasteiger partial charge in [-0.2, -0.15) is 0 Å². The first-order valence-electron chi connectivity index (χ1n) is 11.3. The number of carbonyl (C=O) groups is 1. The maximum Gasteiger partial charge on any atom is 0.225 e. The van der Waals surface area contributed by atoms with Crippen LogP contribution in [0.5, 0.6) is 11.5 Å². The Hall–Kier alpha value is -2.83. The summed E-state index contributed by atoms with van der Waals surface area (Å²) in [7, 11) is 0. The highest BCUT2D eigenvalue weighted by Gasteiger charge is 2.27. The molecule has 0 saturated carbocycles. The zero-order valence-electron chi connectivity index (χ0n) is 18.8. The van der Waals surface area contributed by atoms with Gasteiger partial charge in [0.15, 0.2) is 11.5 Å². The quantitative estimate of drug-likeness (QED) is 0.615. The minimum Gasteiger partial charge on any atom is -0.490 e. The Bertz CT molecular complexity index is 831. The molecule has 7 heteroatoms. The van der Waals surface area contributed by atoms with E-state index in [1.807, 2.05) is 25.1 Å². The van der Waals surface area contributed by atoms with Crippen LogP contribution in [0.1, 0.15) is 58.1 Å². The van der Waals surface area contributed by atoms with E-state index < -0.39 is 0 Å². The fraction of sp³-hybridized carbons (Fsp3) is 0.542. The van der Waals surface area contributed by atoms with Gasteiger partial charge in [-0.05, 0) is 50.3 Å². The largest absolute Gasteiger partial charge is 0.490 e. The molecule has 2 unspecified atom stereocenters. The topological polar surface area (TPSA) is 76.6 Å². The van der Waals surface area contributed by atoms with Crippen LogP contribution >= 0.6 is 0 Å². The van der Waals surface area contributed by atoms with Gasteiger partial charge in [0.1, 0.15) is 5.82 Å². The molecule has 7 nitrogen and oxygen atoms in total. The van der Waals surface area contributed by atoms with Gasteiger partial charge >= 0.3 is 0 Å². The summed E-state index contributed by atoms with van der Waals surface area (Å²) in [4.78, 5) is 23.7. The van der Waals surface area contributed by atoms with Gasteiger partial charge in [-0.3, -0.25) is 9.78 Å². The first kappa shape index (κ1) is 22.8. The molecule has 1 amide bonds. The predicted molar refractivity (Wildman–Crippen MR) is 122 cm³/mol. The van der Waals surface area contributed by atoms with Gasteiger partial charge in [-0.25, -0.2) is 4.98 Å². The van der Waals surface area contributed by atoms with E-state index >= 15 is 0 Å². The van der Waals surface area contributed by atoms with Gasteiger partial charge in [-0.15, -0.1) is 0 Å². The number of anilines is 1. The molecule has 1 aromatic heterocycles. The number of rotatable bonds is 10. The van der Waals surface area contributed by atoms with Crippen LogP contribution in [0, 0.1) is 5.92 Å². The second kappa shape index (κ2) is 11.5. The van der Waals surface area contributed by atoms with Crippen molar-refractivity contribution in [2.24, 2.45) is 5.92 Å². The Labute approximate surface area is 185 Å². The van der Waals surface area contributed by atoms with Crippen molar-refractivity contribution in [1.82, 2.24) is 15.3 Å². The van der Waals surface area contributed by atoms with E-state index in [1.54, 1.807) is 18.6 Å². The zero-order chi connectivity index (χ0) is 22.1. The Balaban J connectivity index is 1.64. The van der Waals surface area contributed by atoms with Gasteiger partial charge in [0.25, 0.3) is 0 Å². The van der Waals surface area contributed by atoms with Crippen LogP contribution in [-0.4, -0.2) is 42.2 Å². The van der Waals surface area contributed by atoms with Gasteiger partial charge < -0.3 is 19.7 Å². The molecule has 1 fully saturated rings. The number of nitrogens with one attached hydrogen (secondary N) is 1. The lowest BCUT2D eigenvalue weighted by molar-refractivity contribution is -0.125. The molecule has 0 bridgehead atoms. The molecule has 2 aromatic rings. The normalized spacial score (nSPS) is 17.1. The van der Waals surface area contributed by atoms with E-state index in [0.717, 1.165) is 55.1 Å². The highest BCUT2D eigenvalue weighted by molar-refractivity contribution is 5.80. The highest BCUT2D eigenvalue weighted by atomic mass is 16.5. The van der Waals surface area contributed by atoms with Crippen LogP contribution in [0.15, 0.2) is 36.8 Å². The average molecular weight is 427 g/mol. The lowest BCUT2D eigenvalue weighted by atomic mass is 9.96. The summed E-state index contributed by atoms with van der Waals surface area (Å²) >= 11 is 0. The molecule has 0 spiro atoms. The van der Waals surface area contributed by atoms with E-state index in [9.17, 15) is 4.79 Å². The van der Waals surface area contributed by atoms with E-state index in [4.69, 9.17) is 9.47 Å². The third kappa shape index (κ3) is 6.32. The Morgan fingerprint density at radius 3 is 2.68 bits per heavy atom. The maximum atomic E-state index is 13.0. The molecule has 1 N–H and O–H groups in total. The van der Waals surface area contributed by atoms with Crippen molar-refractivity contribution in [2.75, 3.05) is 31.2 Å². The van der Waals surface area contributed by atoms with Crippen LogP contribution in [-0.2, 0) is 4.79 Å². The van der Waals surface area contributed by atoms with E-state index in [1.165, 1.54) is 0 Å². The van der Waals surface area contributed by atoms with Crippen LogP contribution in [0.2, 0.25) is 0 Å². The van der Waals surface area contributed by atoms with Crippen molar-refractivity contribution in [2.45, 2.75) is 52.5 Å². The third-order valence-corrected chi connectivity index (χ3v) is 5.42. The number of piperidine rings is 1. The van der Waals surface area contributed by atoms with Gasteiger partial charge in [0.2, 0.25) is 5.91 Å². The molecular formula is C24H34N4O3. The van der Waals surface area contributed by atoms with Crippen molar-refractivity contribution in [3.05, 3.63) is 42.4 Å². The molecule has 3 rings (SSSR count). The summed E-state index contributed by atoms with van der Waals surface area (Å²) in [6.07, 6.45) is 8.81. The molecule has 1 aliphatic rings. The summed E-state index contributed by atoms with van der Waals surface area (Å²) in [5.41, 5.74) is 1.00. The Kier molecular flexibility index (Phi) is 8.50. The van der Waals surface area contributed by atoms with Crippen LogP contribution in [0.3, 0.4) is 0 Å². The zero-order valence-corrected chi connectivity index (χ0v) is 18.8. The Morgan fingerprint density at radius 2 is 1.97 bits per heavy atom. The van der Waals surface area contributed by atoms with Crippen molar-refractivity contribution >= 4 is 11.7 Å². The second-order valence-electron chi connectivity index (χ2n) is 7.98. The molecule has 0 aliphatic carbocycles. The number of aromatic nitrogens is 2. The Morgan fingerprint density at radius 1 is 1.19 bits per heavy atom. The first-order valence-corrected chi connectivity index (χ1v) is 11.3. The number of hydrogen-bond donors (Lipinski definition) is 1. The molecule has 2 heterocycles. The van der Waals surface area contributed by atoms with Gasteiger partial charge in [0, 0.05) is 25.5 Å². The maximum absolute atomic E-state index is 13.0. The fourth-order valence-electron chi connectivity index (χ4n) is 3.72. The standard InChI is InChI=1S/C24H34N4O3/c1-4-13-30-21-9-8-19(15-22(21)31-14-5-2)18(3)27-24(29)20-7-6-12-28(17-20)23-16-25-10-11-26-23/h8-11,15-16,18,20H,4-7,12-14,17H2,1-3H3,(H,27,29). The number of amides is 1. The highest BCUT2D eigenvalue weighted by Crippen LogP contribution is 2.31. The van der Waals surface area contributed by atoms with Crippen LogP contribution in [0.25, 0.3) is 0 Å². The summed E-state index contributed by atoms with van der Waals surface area (Å²) in [6.45, 7) is 9.00.